The first-order chi connectivity index (χ1) is 15.9. The van der Waals surface area contributed by atoms with Gasteiger partial charge in [-0.3, -0.25) is 9.69 Å². The Labute approximate surface area is 192 Å². The molecule has 6 aliphatic rings. The fraction of sp³-hybridized carbons (Fsp3) is 0.625. The number of hydrogen-bond donors (Lipinski definition) is 3. The van der Waals surface area contributed by atoms with Crippen LogP contribution in [0.15, 0.2) is 23.5 Å². The van der Waals surface area contributed by atoms with Crippen LogP contribution >= 0.6 is 0 Å². The van der Waals surface area contributed by atoms with Crippen molar-refractivity contribution in [3.05, 3.63) is 29.4 Å². The summed E-state index contributed by atoms with van der Waals surface area (Å²) in [6.45, 7) is 6.04. The highest BCUT2D eigenvalue weighted by Crippen LogP contribution is 2.63. The van der Waals surface area contributed by atoms with Gasteiger partial charge in [-0.25, -0.2) is 15.4 Å². The fourth-order valence-electron chi connectivity index (χ4n) is 6.33. The smallest absolute Gasteiger partial charge is 0.243 e. The van der Waals surface area contributed by atoms with Gasteiger partial charge in [0.2, 0.25) is 5.91 Å². The van der Waals surface area contributed by atoms with E-state index in [4.69, 9.17) is 9.72 Å². The second-order valence-corrected chi connectivity index (χ2v) is 11.0. The van der Waals surface area contributed by atoms with E-state index < -0.39 is 0 Å². The number of imidazole rings is 1. The minimum Gasteiger partial charge on any atom is -0.372 e. The first-order valence-electron chi connectivity index (χ1n) is 12.1. The van der Waals surface area contributed by atoms with Crippen LogP contribution in [0.2, 0.25) is 0 Å². The van der Waals surface area contributed by atoms with E-state index in [2.05, 4.69) is 32.6 Å². The number of piperidine rings is 1. The van der Waals surface area contributed by atoms with Gasteiger partial charge in [0.05, 0.1) is 30.1 Å². The highest BCUT2D eigenvalue weighted by Gasteiger charge is 2.55. The number of carbonyl (C=O) groups excluding carboxylic acids is 1. The average molecular weight is 450 g/mol. The number of pyridine rings is 1. The molecular formula is C24H31N7O2. The molecule has 8 rings (SSSR count). The van der Waals surface area contributed by atoms with Gasteiger partial charge in [-0.15, -0.1) is 0 Å². The second-order valence-electron chi connectivity index (χ2n) is 11.0. The van der Waals surface area contributed by atoms with E-state index in [9.17, 15) is 4.79 Å². The molecule has 5 unspecified atom stereocenters. The van der Waals surface area contributed by atoms with Gasteiger partial charge < -0.3 is 20.0 Å². The molecule has 0 aromatic carbocycles. The predicted molar refractivity (Wildman–Crippen MR) is 123 cm³/mol. The Hall–Kier alpha value is -2.49. The summed E-state index contributed by atoms with van der Waals surface area (Å²) in [6, 6.07) is 1.82. The van der Waals surface area contributed by atoms with Crippen molar-refractivity contribution in [3.63, 3.8) is 0 Å². The van der Waals surface area contributed by atoms with E-state index >= 15 is 0 Å². The van der Waals surface area contributed by atoms with Crippen LogP contribution in [0.4, 0.5) is 5.69 Å². The highest BCUT2D eigenvalue weighted by atomic mass is 16.5. The van der Waals surface area contributed by atoms with Gasteiger partial charge >= 0.3 is 0 Å². The minimum absolute atomic E-state index is 0.0509. The number of amides is 1. The molecule has 4 aliphatic heterocycles. The Bertz CT molecular complexity index is 1170. The second kappa shape index (κ2) is 6.77. The van der Waals surface area contributed by atoms with E-state index in [0.717, 1.165) is 60.9 Å². The van der Waals surface area contributed by atoms with E-state index in [1.54, 1.807) is 11.1 Å². The third kappa shape index (κ3) is 3.05. The fourth-order valence-corrected chi connectivity index (χ4v) is 6.33. The number of likely N-dealkylation sites (N-methyl/N-ethyl adjacent to an activating group) is 1. The standard InChI is InChI=1S/C24H31N7O2/c1-12(31-10-15-6-16(11-31)33-15)23(32)30(3)14-5-18-21(25-9-14)27-22(26-18)20-17-4-13-7-24(13,2)8-19(17)28-29-20/h5,9,12-13,15-16,20,28-29H,4,6-8,10-11H2,1-3H3,(H,25,26,27)/t12?,13?,15?,16?,20?,24-/m1/s1. The van der Waals surface area contributed by atoms with Crippen molar-refractivity contribution < 1.29 is 9.53 Å². The van der Waals surface area contributed by atoms with Gasteiger partial charge in [0.25, 0.3) is 0 Å². The van der Waals surface area contributed by atoms with Gasteiger partial charge in [0.15, 0.2) is 5.65 Å². The SMILES string of the molecule is CC(C(=O)N(C)c1cnc2[nH]c(C3NNC4=C3CC3C[C@]3(C)C4)nc2c1)N1CC2CC(C1)O2. The molecule has 2 bridgehead atoms. The number of H-pyrrole nitrogens is 1. The maximum absolute atomic E-state index is 13.2. The van der Waals surface area contributed by atoms with Gasteiger partial charge in [0, 0.05) is 32.3 Å². The number of morpholine rings is 1. The molecule has 3 saturated heterocycles. The largest absolute Gasteiger partial charge is 0.372 e. The van der Waals surface area contributed by atoms with E-state index in [0.29, 0.717) is 5.41 Å². The molecule has 2 aliphatic carbocycles. The molecule has 2 aromatic rings. The molecule has 174 valence electrons. The number of hydrazine groups is 1. The van der Waals surface area contributed by atoms with Crippen molar-refractivity contribution in [2.45, 2.75) is 63.8 Å². The van der Waals surface area contributed by atoms with Crippen molar-refractivity contribution >= 4 is 22.8 Å². The average Bonchev–Trinajstić information content (AvgIpc) is 3.09. The maximum Gasteiger partial charge on any atom is 0.243 e. The van der Waals surface area contributed by atoms with Crippen LogP contribution in [0.1, 0.15) is 51.4 Å². The van der Waals surface area contributed by atoms with Crippen LogP contribution in [-0.4, -0.2) is 64.1 Å². The monoisotopic (exact) mass is 449 g/mol. The summed E-state index contributed by atoms with van der Waals surface area (Å²) in [6.07, 6.45) is 7.03. The molecular weight excluding hydrogens is 418 g/mol. The Kier molecular flexibility index (Phi) is 4.09. The number of allylic oxidation sites excluding steroid dienone is 1. The van der Waals surface area contributed by atoms with Crippen LogP contribution in [0.25, 0.3) is 11.2 Å². The molecule has 1 amide bonds. The molecule has 3 N–H and O–H groups in total. The zero-order valence-corrected chi connectivity index (χ0v) is 19.4. The lowest BCUT2D eigenvalue weighted by Gasteiger charge is -2.48. The number of nitrogens with one attached hydrogen (secondary N) is 3. The summed E-state index contributed by atoms with van der Waals surface area (Å²) in [5, 5.41) is 0. The zero-order chi connectivity index (χ0) is 22.5. The number of carbonyl (C=O) groups is 1. The summed E-state index contributed by atoms with van der Waals surface area (Å²) < 4.78 is 5.72. The van der Waals surface area contributed by atoms with Crippen LogP contribution in [0.5, 0.6) is 0 Å². The number of aromatic nitrogens is 3. The number of aromatic amines is 1. The van der Waals surface area contributed by atoms with E-state index in [1.165, 1.54) is 17.7 Å². The summed E-state index contributed by atoms with van der Waals surface area (Å²) >= 11 is 0. The first-order valence-corrected chi connectivity index (χ1v) is 12.1. The Morgan fingerprint density at radius 2 is 2.15 bits per heavy atom. The highest BCUT2D eigenvalue weighted by molar-refractivity contribution is 5.97. The van der Waals surface area contributed by atoms with Gasteiger partial charge in [-0.1, -0.05) is 6.92 Å². The van der Waals surface area contributed by atoms with Crippen molar-refractivity contribution in [2.75, 3.05) is 25.0 Å². The zero-order valence-electron chi connectivity index (χ0n) is 19.4. The Morgan fingerprint density at radius 3 is 2.94 bits per heavy atom. The van der Waals surface area contributed by atoms with Crippen molar-refractivity contribution in [3.8, 4) is 0 Å². The molecule has 6 heterocycles. The quantitative estimate of drug-likeness (QED) is 0.657. The third-order valence-electron chi connectivity index (χ3n) is 8.71. The van der Waals surface area contributed by atoms with Gasteiger partial charge in [-0.2, -0.15) is 0 Å². The summed E-state index contributed by atoms with van der Waals surface area (Å²) in [4.78, 5) is 30.0. The van der Waals surface area contributed by atoms with Crippen molar-refractivity contribution in [1.82, 2.24) is 30.7 Å². The molecule has 2 aromatic heterocycles. The van der Waals surface area contributed by atoms with E-state index in [-0.39, 0.29) is 30.2 Å². The van der Waals surface area contributed by atoms with Crippen LogP contribution in [0.3, 0.4) is 0 Å². The topological polar surface area (TPSA) is 98.4 Å². The molecule has 9 heteroatoms. The summed E-state index contributed by atoms with van der Waals surface area (Å²) in [5.41, 5.74) is 12.4. The van der Waals surface area contributed by atoms with Crippen LogP contribution in [-0.2, 0) is 9.53 Å². The lowest BCUT2D eigenvalue weighted by atomic mass is 9.86. The summed E-state index contributed by atoms with van der Waals surface area (Å²) in [5.74, 6) is 1.75. The number of nitrogens with zero attached hydrogens (tertiary/aromatic N) is 4. The summed E-state index contributed by atoms with van der Waals surface area (Å²) in [7, 11) is 1.82. The molecule has 0 spiro atoms. The van der Waals surface area contributed by atoms with Gasteiger partial charge in [0.1, 0.15) is 17.4 Å². The van der Waals surface area contributed by atoms with Gasteiger partial charge in [-0.05, 0) is 49.2 Å². The number of hydrogen-bond acceptors (Lipinski definition) is 7. The van der Waals surface area contributed by atoms with Crippen LogP contribution in [0, 0.1) is 11.3 Å². The number of rotatable bonds is 4. The maximum atomic E-state index is 13.2. The number of ether oxygens (including phenoxy) is 1. The molecule has 33 heavy (non-hydrogen) atoms. The lowest BCUT2D eigenvalue weighted by molar-refractivity contribution is -0.187. The minimum atomic E-state index is -0.187. The molecule has 1 saturated carbocycles. The first kappa shape index (κ1) is 19.9. The molecule has 4 fully saturated rings. The third-order valence-corrected chi connectivity index (χ3v) is 8.71. The normalized spacial score (nSPS) is 35.5. The predicted octanol–water partition coefficient (Wildman–Crippen LogP) is 2.01. The van der Waals surface area contributed by atoms with Crippen LogP contribution < -0.4 is 15.8 Å². The number of fused-ring (bicyclic) bond motifs is 4. The Morgan fingerprint density at radius 1 is 1.36 bits per heavy atom. The van der Waals surface area contributed by atoms with E-state index in [1.807, 2.05) is 20.0 Å². The number of anilines is 1. The van der Waals surface area contributed by atoms with Crippen molar-refractivity contribution in [2.24, 2.45) is 11.3 Å². The van der Waals surface area contributed by atoms with Crippen molar-refractivity contribution in [1.29, 1.82) is 0 Å². The molecule has 9 nitrogen and oxygen atoms in total. The Balaban J connectivity index is 1.11. The lowest BCUT2D eigenvalue weighted by Crippen LogP contribution is -2.61. The molecule has 0 radical (unpaired) electrons. The molecule has 6 atom stereocenters.